The number of hydrogen-bond acceptors (Lipinski definition) is 3. The van der Waals surface area contributed by atoms with E-state index in [1.807, 2.05) is 24.4 Å². The molecule has 0 aliphatic heterocycles. The Bertz CT molecular complexity index is 467. The van der Waals surface area contributed by atoms with Crippen LogP contribution in [0.2, 0.25) is 0 Å². The Kier molecular flexibility index (Phi) is 2.75. The summed E-state index contributed by atoms with van der Waals surface area (Å²) in [6.45, 7) is 0.302. The van der Waals surface area contributed by atoms with Gasteiger partial charge in [0, 0.05) is 25.0 Å². The van der Waals surface area contributed by atoms with Crippen molar-refractivity contribution in [2.45, 2.75) is 13.0 Å². The van der Waals surface area contributed by atoms with Crippen molar-refractivity contribution >= 4 is 0 Å². The van der Waals surface area contributed by atoms with Gasteiger partial charge in [-0.2, -0.15) is 10.4 Å². The maximum absolute atomic E-state index is 8.50. The molecule has 2 aromatic heterocycles. The van der Waals surface area contributed by atoms with E-state index in [1.165, 1.54) is 5.56 Å². The Morgan fingerprint density at radius 1 is 1.27 bits per heavy atom. The number of nitrogens with zero attached hydrogens (tertiary/aromatic N) is 4. The highest BCUT2D eigenvalue weighted by Crippen LogP contribution is 2.05. The molecular formula is C11H10N4. The molecule has 0 aliphatic rings. The van der Waals surface area contributed by atoms with Crippen LogP contribution in [0.4, 0.5) is 0 Å². The minimum Gasteiger partial charge on any atom is -0.265 e. The molecule has 0 atom stereocenters. The molecule has 0 saturated carbocycles. The normalized spacial score (nSPS) is 9.80. The average Bonchev–Trinajstić information content (AvgIpc) is 2.68. The van der Waals surface area contributed by atoms with Gasteiger partial charge in [-0.3, -0.25) is 9.67 Å². The van der Waals surface area contributed by atoms with Gasteiger partial charge in [0.05, 0.1) is 11.8 Å². The third-order valence-corrected chi connectivity index (χ3v) is 2.06. The molecule has 4 heteroatoms. The van der Waals surface area contributed by atoms with E-state index in [4.69, 9.17) is 5.26 Å². The molecule has 0 aliphatic carbocycles. The topological polar surface area (TPSA) is 54.5 Å². The number of hydrogen-bond donors (Lipinski definition) is 0. The minimum absolute atomic E-state index is 0.302. The summed E-state index contributed by atoms with van der Waals surface area (Å²) in [5.41, 5.74) is 2.14. The average molecular weight is 198 g/mol. The third kappa shape index (κ3) is 2.41. The Labute approximate surface area is 87.8 Å². The highest BCUT2D eigenvalue weighted by molar-refractivity contribution is 5.17. The van der Waals surface area contributed by atoms with Crippen molar-refractivity contribution in [3.63, 3.8) is 0 Å². The first-order valence-electron chi connectivity index (χ1n) is 4.66. The fraction of sp³-hybridized carbons (Fsp3) is 0.182. The van der Waals surface area contributed by atoms with Crippen molar-refractivity contribution < 1.29 is 0 Å². The summed E-state index contributed by atoms with van der Waals surface area (Å²) in [7, 11) is 0. The van der Waals surface area contributed by atoms with E-state index in [1.54, 1.807) is 17.1 Å². The second kappa shape index (κ2) is 4.38. The SMILES string of the molecule is N#CCn1ccc(Cc2ccncc2)n1. The highest BCUT2D eigenvalue weighted by atomic mass is 15.3. The van der Waals surface area contributed by atoms with Crippen molar-refractivity contribution in [1.29, 1.82) is 5.26 Å². The lowest BCUT2D eigenvalue weighted by Gasteiger charge is -1.96. The summed E-state index contributed by atoms with van der Waals surface area (Å²) in [6, 6.07) is 7.90. The van der Waals surface area contributed by atoms with Crippen LogP contribution in [-0.4, -0.2) is 14.8 Å². The number of nitriles is 1. The Hall–Kier alpha value is -2.15. The zero-order valence-electron chi connectivity index (χ0n) is 8.17. The van der Waals surface area contributed by atoms with Crippen LogP contribution in [-0.2, 0) is 13.0 Å². The lowest BCUT2D eigenvalue weighted by molar-refractivity contribution is 0.696. The largest absolute Gasteiger partial charge is 0.265 e. The molecule has 2 heterocycles. The Morgan fingerprint density at radius 3 is 2.80 bits per heavy atom. The van der Waals surface area contributed by atoms with Crippen molar-refractivity contribution in [2.75, 3.05) is 0 Å². The fourth-order valence-electron chi connectivity index (χ4n) is 1.37. The monoisotopic (exact) mass is 198 g/mol. The van der Waals surface area contributed by atoms with E-state index >= 15 is 0 Å². The maximum atomic E-state index is 8.50. The Balaban J connectivity index is 2.09. The first-order valence-corrected chi connectivity index (χ1v) is 4.66. The minimum atomic E-state index is 0.302. The van der Waals surface area contributed by atoms with Gasteiger partial charge in [0.15, 0.2) is 0 Å². The van der Waals surface area contributed by atoms with E-state index in [0.29, 0.717) is 6.54 Å². The predicted molar refractivity (Wildman–Crippen MR) is 54.9 cm³/mol. The molecule has 4 nitrogen and oxygen atoms in total. The lowest BCUT2D eigenvalue weighted by Crippen LogP contribution is -1.97. The predicted octanol–water partition coefficient (Wildman–Crippen LogP) is 1.39. The summed E-state index contributed by atoms with van der Waals surface area (Å²) < 4.78 is 1.64. The van der Waals surface area contributed by atoms with Gasteiger partial charge in [-0.25, -0.2) is 0 Å². The van der Waals surface area contributed by atoms with Gasteiger partial charge in [0.25, 0.3) is 0 Å². The van der Waals surface area contributed by atoms with E-state index < -0.39 is 0 Å². The molecule has 2 rings (SSSR count). The van der Waals surface area contributed by atoms with Crippen LogP contribution in [0.15, 0.2) is 36.8 Å². The van der Waals surface area contributed by atoms with Crippen LogP contribution in [0.1, 0.15) is 11.3 Å². The molecule has 0 radical (unpaired) electrons. The molecule has 0 spiro atoms. The van der Waals surface area contributed by atoms with Gasteiger partial charge in [-0.15, -0.1) is 0 Å². The summed E-state index contributed by atoms with van der Waals surface area (Å²) in [5.74, 6) is 0. The zero-order valence-corrected chi connectivity index (χ0v) is 8.17. The number of aromatic nitrogens is 3. The second-order valence-electron chi connectivity index (χ2n) is 3.20. The van der Waals surface area contributed by atoms with Crippen LogP contribution in [0.25, 0.3) is 0 Å². The van der Waals surface area contributed by atoms with E-state index in [0.717, 1.165) is 12.1 Å². The summed E-state index contributed by atoms with van der Waals surface area (Å²) >= 11 is 0. The number of rotatable bonds is 3. The van der Waals surface area contributed by atoms with E-state index in [9.17, 15) is 0 Å². The van der Waals surface area contributed by atoms with Gasteiger partial charge in [-0.05, 0) is 23.8 Å². The van der Waals surface area contributed by atoms with Crippen LogP contribution in [0, 0.1) is 11.3 Å². The molecular weight excluding hydrogens is 188 g/mol. The highest BCUT2D eigenvalue weighted by Gasteiger charge is 1.99. The molecule has 0 fully saturated rings. The van der Waals surface area contributed by atoms with Crippen molar-refractivity contribution in [3.8, 4) is 6.07 Å². The summed E-state index contributed by atoms with van der Waals surface area (Å²) in [5, 5.41) is 12.8. The third-order valence-electron chi connectivity index (χ3n) is 2.06. The molecule has 0 saturated heterocycles. The van der Waals surface area contributed by atoms with Crippen LogP contribution in [0.3, 0.4) is 0 Å². The van der Waals surface area contributed by atoms with Gasteiger partial charge >= 0.3 is 0 Å². The smallest absolute Gasteiger partial charge is 0.128 e. The molecule has 74 valence electrons. The summed E-state index contributed by atoms with van der Waals surface area (Å²) in [4.78, 5) is 3.95. The van der Waals surface area contributed by atoms with Crippen LogP contribution in [0.5, 0.6) is 0 Å². The first kappa shape index (κ1) is 9.41. The molecule has 0 N–H and O–H groups in total. The van der Waals surface area contributed by atoms with Crippen molar-refractivity contribution in [2.24, 2.45) is 0 Å². The van der Waals surface area contributed by atoms with Crippen LogP contribution < -0.4 is 0 Å². The fourth-order valence-corrected chi connectivity index (χ4v) is 1.37. The van der Waals surface area contributed by atoms with Gasteiger partial charge in [0.2, 0.25) is 0 Å². The first-order chi connectivity index (χ1) is 7.38. The van der Waals surface area contributed by atoms with Gasteiger partial charge in [0.1, 0.15) is 6.54 Å². The molecule has 0 aromatic carbocycles. The van der Waals surface area contributed by atoms with Crippen molar-refractivity contribution in [3.05, 3.63) is 48.0 Å². The summed E-state index contributed by atoms with van der Waals surface area (Å²) in [6.07, 6.45) is 6.13. The molecule has 0 amide bonds. The molecule has 2 aromatic rings. The quantitative estimate of drug-likeness (QED) is 0.748. The second-order valence-corrected chi connectivity index (χ2v) is 3.20. The molecule has 0 bridgehead atoms. The van der Waals surface area contributed by atoms with E-state index in [2.05, 4.69) is 16.2 Å². The molecule has 0 unspecified atom stereocenters. The zero-order chi connectivity index (χ0) is 10.5. The Morgan fingerprint density at radius 2 is 2.07 bits per heavy atom. The lowest BCUT2D eigenvalue weighted by atomic mass is 10.1. The van der Waals surface area contributed by atoms with E-state index in [-0.39, 0.29) is 0 Å². The standard InChI is InChI=1S/C11H10N4/c12-4-8-15-7-3-11(14-15)9-10-1-5-13-6-2-10/h1-3,5-7H,8-9H2. The van der Waals surface area contributed by atoms with Gasteiger partial charge < -0.3 is 0 Å². The van der Waals surface area contributed by atoms with Crippen molar-refractivity contribution in [1.82, 2.24) is 14.8 Å². The van der Waals surface area contributed by atoms with Crippen LogP contribution >= 0.6 is 0 Å². The maximum Gasteiger partial charge on any atom is 0.128 e. The molecule has 15 heavy (non-hydrogen) atoms. The number of pyridine rings is 1. The van der Waals surface area contributed by atoms with Gasteiger partial charge in [-0.1, -0.05) is 0 Å².